The molecule has 9 nitrogen and oxygen atoms in total. The van der Waals surface area contributed by atoms with Crippen LogP contribution in [0.2, 0.25) is 0 Å². The molecule has 158 valence electrons. The molecule has 3 heterocycles. The Labute approximate surface area is 173 Å². The van der Waals surface area contributed by atoms with Gasteiger partial charge in [0.05, 0.1) is 12.2 Å². The van der Waals surface area contributed by atoms with Gasteiger partial charge in [0, 0.05) is 25.6 Å². The molecule has 0 saturated heterocycles. The van der Waals surface area contributed by atoms with Crippen LogP contribution in [-0.4, -0.2) is 43.4 Å². The molecule has 3 aromatic rings. The van der Waals surface area contributed by atoms with E-state index in [2.05, 4.69) is 15.2 Å². The Hall–Kier alpha value is -3.56. The Morgan fingerprint density at radius 2 is 1.90 bits per heavy atom. The first-order valence-electron chi connectivity index (χ1n) is 9.50. The summed E-state index contributed by atoms with van der Waals surface area (Å²) in [7, 11) is 1.83. The number of carbonyl (C=O) groups is 2. The maximum atomic E-state index is 12.6. The van der Waals surface area contributed by atoms with Gasteiger partial charge in [0.25, 0.3) is 5.91 Å². The van der Waals surface area contributed by atoms with E-state index in [1.54, 1.807) is 17.0 Å². The molecule has 0 unspecified atom stereocenters. The maximum Gasteiger partial charge on any atom is 0.288 e. The highest BCUT2D eigenvalue weighted by molar-refractivity contribution is 5.93. The molecule has 30 heavy (non-hydrogen) atoms. The number of amides is 2. The normalized spacial score (nSPS) is 13.3. The average Bonchev–Trinajstić information content (AvgIpc) is 3.25. The van der Waals surface area contributed by atoms with E-state index >= 15 is 0 Å². The second-order valence-corrected chi connectivity index (χ2v) is 7.07. The molecule has 1 aliphatic heterocycles. The number of carbonyl (C=O) groups excluding carboxylic acids is 2. The molecule has 1 aromatic carbocycles. The quantitative estimate of drug-likeness (QED) is 0.704. The molecule has 2 aromatic heterocycles. The van der Waals surface area contributed by atoms with Gasteiger partial charge < -0.3 is 5.73 Å². The SMILES string of the molecule is Cc1nn2c(c1C)N(C)C(=O)CCC2.NC(=O)c1ncn(Cc2ccc(F)cc2)n1. The van der Waals surface area contributed by atoms with Crippen molar-refractivity contribution in [2.75, 3.05) is 11.9 Å². The fourth-order valence-electron chi connectivity index (χ4n) is 3.17. The number of hydrogen-bond acceptors (Lipinski definition) is 5. The van der Waals surface area contributed by atoms with Gasteiger partial charge >= 0.3 is 0 Å². The second-order valence-electron chi connectivity index (χ2n) is 7.07. The predicted molar refractivity (Wildman–Crippen MR) is 108 cm³/mol. The summed E-state index contributed by atoms with van der Waals surface area (Å²) >= 11 is 0. The van der Waals surface area contributed by atoms with Crippen molar-refractivity contribution in [3.63, 3.8) is 0 Å². The van der Waals surface area contributed by atoms with Crippen molar-refractivity contribution in [1.29, 1.82) is 0 Å². The highest BCUT2D eigenvalue weighted by Gasteiger charge is 2.22. The average molecular weight is 413 g/mol. The first-order chi connectivity index (χ1) is 14.3. The van der Waals surface area contributed by atoms with Crippen molar-refractivity contribution >= 4 is 17.6 Å². The van der Waals surface area contributed by atoms with Gasteiger partial charge in [0.15, 0.2) is 0 Å². The Morgan fingerprint density at radius 3 is 2.53 bits per heavy atom. The third-order valence-electron chi connectivity index (χ3n) is 4.86. The minimum absolute atomic E-state index is 0.0258. The van der Waals surface area contributed by atoms with Crippen LogP contribution in [0, 0.1) is 19.7 Å². The van der Waals surface area contributed by atoms with Crippen LogP contribution in [0.5, 0.6) is 0 Å². The van der Waals surface area contributed by atoms with Crippen molar-refractivity contribution in [2.24, 2.45) is 5.73 Å². The lowest BCUT2D eigenvalue weighted by molar-refractivity contribution is -0.118. The maximum absolute atomic E-state index is 12.6. The number of nitrogens with two attached hydrogens (primary N) is 1. The van der Waals surface area contributed by atoms with E-state index in [4.69, 9.17) is 5.73 Å². The molecule has 0 atom stereocenters. The number of aromatic nitrogens is 5. The topological polar surface area (TPSA) is 112 Å². The molecule has 0 spiro atoms. The highest BCUT2D eigenvalue weighted by Crippen LogP contribution is 2.25. The standard InChI is InChI=1S/C10H9FN4O.C10H15N3O/c11-8-3-1-7(2-4-8)5-15-6-13-10(14-15)9(12)16;1-7-8(2)11-13-6-4-5-9(14)12(3)10(7)13/h1-4,6H,5H2,(H2,12,16);4-6H2,1-3H3. The Kier molecular flexibility index (Phi) is 6.24. The van der Waals surface area contributed by atoms with Crippen LogP contribution in [0.1, 0.15) is 40.3 Å². The number of nitrogens with zero attached hydrogens (tertiary/aromatic N) is 6. The fourth-order valence-corrected chi connectivity index (χ4v) is 3.17. The lowest BCUT2D eigenvalue weighted by Gasteiger charge is -2.15. The van der Waals surface area contributed by atoms with E-state index in [-0.39, 0.29) is 17.5 Å². The van der Waals surface area contributed by atoms with Gasteiger partial charge in [-0.25, -0.2) is 18.7 Å². The van der Waals surface area contributed by atoms with Crippen molar-refractivity contribution in [2.45, 2.75) is 39.8 Å². The lowest BCUT2D eigenvalue weighted by Crippen LogP contribution is -2.26. The Balaban J connectivity index is 0.000000172. The zero-order chi connectivity index (χ0) is 21.8. The van der Waals surface area contributed by atoms with E-state index in [9.17, 15) is 14.0 Å². The molecular weight excluding hydrogens is 389 g/mol. The number of fused-ring (bicyclic) bond motifs is 1. The monoisotopic (exact) mass is 413 g/mol. The molecule has 1 aliphatic rings. The third-order valence-corrected chi connectivity index (χ3v) is 4.86. The highest BCUT2D eigenvalue weighted by atomic mass is 19.1. The van der Waals surface area contributed by atoms with Crippen molar-refractivity contribution in [1.82, 2.24) is 24.5 Å². The van der Waals surface area contributed by atoms with Gasteiger partial charge in [-0.15, -0.1) is 5.10 Å². The number of primary amides is 1. The van der Waals surface area contributed by atoms with Crippen LogP contribution in [0.25, 0.3) is 0 Å². The lowest BCUT2D eigenvalue weighted by atomic mass is 10.2. The van der Waals surface area contributed by atoms with E-state index in [1.165, 1.54) is 23.1 Å². The zero-order valence-corrected chi connectivity index (χ0v) is 17.2. The molecule has 2 N–H and O–H groups in total. The number of halogens is 1. The number of anilines is 1. The summed E-state index contributed by atoms with van der Waals surface area (Å²) in [5.41, 5.74) is 8.01. The Bertz CT molecular complexity index is 1060. The predicted octanol–water partition coefficient (Wildman–Crippen LogP) is 1.82. The smallest absolute Gasteiger partial charge is 0.288 e. The molecule has 0 aliphatic carbocycles. The summed E-state index contributed by atoms with van der Waals surface area (Å²) in [6.45, 7) is 5.26. The summed E-state index contributed by atoms with van der Waals surface area (Å²) in [4.78, 5) is 27.8. The van der Waals surface area contributed by atoms with Crippen molar-refractivity contribution in [3.05, 3.63) is 59.1 Å². The van der Waals surface area contributed by atoms with E-state index in [0.717, 1.165) is 35.6 Å². The summed E-state index contributed by atoms with van der Waals surface area (Å²) in [6, 6.07) is 6.00. The molecule has 0 fully saturated rings. The largest absolute Gasteiger partial charge is 0.363 e. The van der Waals surface area contributed by atoms with E-state index in [1.807, 2.05) is 25.6 Å². The van der Waals surface area contributed by atoms with Gasteiger partial charge in [-0.3, -0.25) is 14.5 Å². The molecule has 10 heteroatoms. The number of rotatable bonds is 3. The molecule has 0 radical (unpaired) electrons. The van der Waals surface area contributed by atoms with Crippen LogP contribution < -0.4 is 10.6 Å². The van der Waals surface area contributed by atoms with Crippen molar-refractivity contribution < 1.29 is 14.0 Å². The second kappa shape index (κ2) is 8.85. The van der Waals surface area contributed by atoms with Gasteiger partial charge in [0.2, 0.25) is 11.7 Å². The molecule has 2 amide bonds. The van der Waals surface area contributed by atoms with E-state index in [0.29, 0.717) is 13.0 Å². The molecule has 0 bridgehead atoms. The Morgan fingerprint density at radius 1 is 1.20 bits per heavy atom. The van der Waals surface area contributed by atoms with E-state index < -0.39 is 5.91 Å². The molecular formula is C20H24FN7O2. The van der Waals surface area contributed by atoms with Gasteiger partial charge in [-0.2, -0.15) is 5.10 Å². The first-order valence-corrected chi connectivity index (χ1v) is 9.50. The minimum Gasteiger partial charge on any atom is -0.363 e. The fraction of sp³-hybridized carbons (Fsp3) is 0.350. The summed E-state index contributed by atoms with van der Waals surface area (Å²) < 4.78 is 16.0. The summed E-state index contributed by atoms with van der Waals surface area (Å²) in [6.07, 6.45) is 2.92. The third kappa shape index (κ3) is 4.70. The van der Waals surface area contributed by atoms with Gasteiger partial charge in [0.1, 0.15) is 18.0 Å². The van der Waals surface area contributed by atoms with Gasteiger partial charge in [-0.05, 0) is 38.0 Å². The van der Waals surface area contributed by atoms with Crippen LogP contribution in [0.3, 0.4) is 0 Å². The zero-order valence-electron chi connectivity index (χ0n) is 17.2. The summed E-state index contributed by atoms with van der Waals surface area (Å²) in [5.74, 6) is 0.164. The van der Waals surface area contributed by atoms with Crippen molar-refractivity contribution in [3.8, 4) is 0 Å². The minimum atomic E-state index is -0.669. The first kappa shape index (κ1) is 21.2. The number of hydrogen-bond donors (Lipinski definition) is 1. The number of aryl methyl sites for hydroxylation is 2. The van der Waals surface area contributed by atoms with Crippen LogP contribution >= 0.6 is 0 Å². The van der Waals surface area contributed by atoms with Crippen LogP contribution in [0.4, 0.5) is 10.2 Å². The number of benzene rings is 1. The molecule has 0 saturated carbocycles. The summed E-state index contributed by atoms with van der Waals surface area (Å²) in [5, 5.41) is 8.28. The van der Waals surface area contributed by atoms with Crippen LogP contribution in [0.15, 0.2) is 30.6 Å². The molecule has 4 rings (SSSR count). The van der Waals surface area contributed by atoms with Crippen LogP contribution in [-0.2, 0) is 17.9 Å². The van der Waals surface area contributed by atoms with Gasteiger partial charge in [-0.1, -0.05) is 12.1 Å².